The number of carbonyl (C=O) groups is 1. The van der Waals surface area contributed by atoms with E-state index in [2.05, 4.69) is 5.32 Å². The molecule has 0 aromatic heterocycles. The van der Waals surface area contributed by atoms with E-state index in [1.165, 1.54) is 12.5 Å². The topological polar surface area (TPSA) is 89.3 Å². The van der Waals surface area contributed by atoms with Crippen molar-refractivity contribution in [3.05, 3.63) is 29.3 Å². The highest BCUT2D eigenvalue weighted by Gasteiger charge is 2.19. The Hall–Kier alpha value is -1.40. The number of sulfonamides is 1. The lowest BCUT2D eigenvalue weighted by molar-refractivity contribution is 0.0927. The molecule has 1 aromatic carbocycles. The van der Waals surface area contributed by atoms with Crippen molar-refractivity contribution < 1.29 is 13.2 Å². The predicted octanol–water partition coefficient (Wildman–Crippen LogP) is 1.70. The molecule has 0 aliphatic heterocycles. The first kappa shape index (κ1) is 15.0. The van der Waals surface area contributed by atoms with Crippen LogP contribution in [0, 0.1) is 6.92 Å². The number of benzene rings is 1. The number of nitrogens with one attached hydrogen (secondary N) is 1. The molecular weight excluding hydrogens is 276 g/mol. The van der Waals surface area contributed by atoms with Gasteiger partial charge in [0.15, 0.2) is 0 Å². The molecule has 3 N–H and O–H groups in total. The zero-order valence-electron chi connectivity index (χ0n) is 11.6. The second-order valence-corrected chi connectivity index (χ2v) is 6.86. The van der Waals surface area contributed by atoms with E-state index in [0.29, 0.717) is 11.1 Å². The van der Waals surface area contributed by atoms with Gasteiger partial charge in [0.25, 0.3) is 5.91 Å². The average molecular weight is 296 g/mol. The number of hydrogen-bond donors (Lipinski definition) is 2. The smallest absolute Gasteiger partial charge is 0.251 e. The Morgan fingerprint density at radius 1 is 1.25 bits per heavy atom. The molecule has 1 aliphatic rings. The van der Waals surface area contributed by atoms with Crippen molar-refractivity contribution in [1.82, 2.24) is 5.32 Å². The molecule has 2 rings (SSSR count). The molecule has 6 heteroatoms. The second-order valence-electron chi connectivity index (χ2n) is 5.33. The first-order chi connectivity index (χ1) is 9.38. The van der Waals surface area contributed by atoms with Crippen molar-refractivity contribution in [2.45, 2.75) is 50.0 Å². The third-order valence-electron chi connectivity index (χ3n) is 3.70. The Labute approximate surface area is 119 Å². The quantitative estimate of drug-likeness (QED) is 0.889. The van der Waals surface area contributed by atoms with Crippen LogP contribution in [0.2, 0.25) is 0 Å². The number of aryl methyl sites for hydroxylation is 1. The van der Waals surface area contributed by atoms with Crippen molar-refractivity contribution >= 4 is 15.9 Å². The molecule has 0 unspecified atom stereocenters. The Bertz CT molecular complexity index is 605. The van der Waals surface area contributed by atoms with Gasteiger partial charge in [-0.1, -0.05) is 25.3 Å². The Kier molecular flexibility index (Phi) is 4.45. The van der Waals surface area contributed by atoms with Gasteiger partial charge in [-0.25, -0.2) is 13.6 Å². The Morgan fingerprint density at radius 3 is 2.50 bits per heavy atom. The maximum absolute atomic E-state index is 12.2. The lowest BCUT2D eigenvalue weighted by Crippen LogP contribution is -2.36. The summed E-state index contributed by atoms with van der Waals surface area (Å²) in [4.78, 5) is 12.2. The van der Waals surface area contributed by atoms with Crippen molar-refractivity contribution in [2.75, 3.05) is 0 Å². The molecular formula is C14H20N2O3S. The van der Waals surface area contributed by atoms with Crippen LogP contribution in [-0.2, 0) is 10.0 Å². The van der Waals surface area contributed by atoms with Crippen LogP contribution < -0.4 is 10.5 Å². The van der Waals surface area contributed by atoms with Crippen molar-refractivity contribution in [1.29, 1.82) is 0 Å². The van der Waals surface area contributed by atoms with Crippen LogP contribution in [0.4, 0.5) is 0 Å². The fourth-order valence-electron chi connectivity index (χ4n) is 2.56. The molecule has 1 aromatic rings. The van der Waals surface area contributed by atoms with Gasteiger partial charge in [0.05, 0.1) is 4.90 Å². The van der Waals surface area contributed by atoms with E-state index >= 15 is 0 Å². The first-order valence-electron chi connectivity index (χ1n) is 6.82. The number of carbonyl (C=O) groups excluding carboxylic acids is 1. The van der Waals surface area contributed by atoms with Gasteiger partial charge >= 0.3 is 0 Å². The van der Waals surface area contributed by atoms with Gasteiger partial charge in [-0.2, -0.15) is 0 Å². The molecule has 0 spiro atoms. The summed E-state index contributed by atoms with van der Waals surface area (Å²) >= 11 is 0. The van der Waals surface area contributed by atoms with Crippen molar-refractivity contribution in [2.24, 2.45) is 5.14 Å². The van der Waals surface area contributed by atoms with E-state index in [1.807, 2.05) is 0 Å². The summed E-state index contributed by atoms with van der Waals surface area (Å²) in [5.74, 6) is -0.234. The summed E-state index contributed by atoms with van der Waals surface area (Å²) in [6.45, 7) is 1.66. The minimum atomic E-state index is -3.80. The number of rotatable bonds is 3. The van der Waals surface area contributed by atoms with Gasteiger partial charge < -0.3 is 5.32 Å². The highest BCUT2D eigenvalue weighted by Crippen LogP contribution is 2.19. The van der Waals surface area contributed by atoms with E-state index in [9.17, 15) is 13.2 Å². The molecule has 0 saturated heterocycles. The van der Waals surface area contributed by atoms with Gasteiger partial charge in [-0.3, -0.25) is 4.79 Å². The average Bonchev–Trinajstić information content (AvgIpc) is 2.39. The predicted molar refractivity (Wildman–Crippen MR) is 76.9 cm³/mol. The summed E-state index contributed by atoms with van der Waals surface area (Å²) in [5, 5.41) is 8.11. The van der Waals surface area contributed by atoms with E-state index < -0.39 is 10.0 Å². The zero-order valence-corrected chi connectivity index (χ0v) is 12.4. The molecule has 1 aliphatic carbocycles. The van der Waals surface area contributed by atoms with Crippen LogP contribution in [0.1, 0.15) is 48.0 Å². The van der Waals surface area contributed by atoms with Gasteiger partial charge in [-0.15, -0.1) is 0 Å². The van der Waals surface area contributed by atoms with E-state index in [1.54, 1.807) is 19.1 Å². The summed E-state index contributed by atoms with van der Waals surface area (Å²) in [6.07, 6.45) is 5.44. The van der Waals surface area contributed by atoms with Crippen LogP contribution in [0.25, 0.3) is 0 Å². The third-order valence-corrected chi connectivity index (χ3v) is 4.75. The Morgan fingerprint density at radius 2 is 1.90 bits per heavy atom. The maximum Gasteiger partial charge on any atom is 0.251 e. The second kappa shape index (κ2) is 5.93. The standard InChI is InChI=1S/C14H20N2O3S/c1-10-7-8-11(9-13(10)20(15,18)19)14(17)16-12-5-3-2-4-6-12/h7-9,12H,2-6H2,1H3,(H,16,17)(H2,15,18,19). The third kappa shape index (κ3) is 3.58. The summed E-state index contributed by atoms with van der Waals surface area (Å²) < 4.78 is 22.9. The van der Waals surface area contributed by atoms with E-state index in [-0.39, 0.29) is 16.8 Å². The maximum atomic E-state index is 12.2. The number of nitrogens with two attached hydrogens (primary N) is 1. The van der Waals surface area contributed by atoms with E-state index in [0.717, 1.165) is 25.7 Å². The Balaban J connectivity index is 2.18. The van der Waals surface area contributed by atoms with Crippen molar-refractivity contribution in [3.63, 3.8) is 0 Å². The van der Waals surface area contributed by atoms with Gasteiger partial charge in [0, 0.05) is 11.6 Å². The molecule has 1 amide bonds. The molecule has 0 bridgehead atoms. The molecule has 20 heavy (non-hydrogen) atoms. The summed E-state index contributed by atoms with van der Waals surface area (Å²) in [5.41, 5.74) is 0.881. The van der Waals surface area contributed by atoms with E-state index in [4.69, 9.17) is 5.14 Å². The largest absolute Gasteiger partial charge is 0.349 e. The van der Waals surface area contributed by atoms with Gasteiger partial charge in [-0.05, 0) is 37.5 Å². The summed E-state index contributed by atoms with van der Waals surface area (Å²) in [6, 6.07) is 4.77. The minimum absolute atomic E-state index is 0.00814. The molecule has 0 heterocycles. The van der Waals surface area contributed by atoms with Crippen LogP contribution in [0.3, 0.4) is 0 Å². The zero-order chi connectivity index (χ0) is 14.8. The lowest BCUT2D eigenvalue weighted by atomic mass is 9.95. The SMILES string of the molecule is Cc1ccc(C(=O)NC2CCCCC2)cc1S(N)(=O)=O. The fraction of sp³-hybridized carbons (Fsp3) is 0.500. The lowest BCUT2D eigenvalue weighted by Gasteiger charge is -2.22. The van der Waals surface area contributed by atoms with Gasteiger partial charge in [0.2, 0.25) is 10.0 Å². The highest BCUT2D eigenvalue weighted by atomic mass is 32.2. The first-order valence-corrected chi connectivity index (χ1v) is 8.37. The highest BCUT2D eigenvalue weighted by molar-refractivity contribution is 7.89. The minimum Gasteiger partial charge on any atom is -0.349 e. The van der Waals surface area contributed by atoms with Crippen LogP contribution >= 0.6 is 0 Å². The number of hydrogen-bond acceptors (Lipinski definition) is 3. The summed E-state index contributed by atoms with van der Waals surface area (Å²) in [7, 11) is -3.80. The number of amides is 1. The fourth-order valence-corrected chi connectivity index (χ4v) is 3.37. The molecule has 110 valence electrons. The van der Waals surface area contributed by atoms with Crippen LogP contribution in [0.15, 0.2) is 23.1 Å². The molecule has 0 radical (unpaired) electrons. The monoisotopic (exact) mass is 296 g/mol. The number of primary sulfonamides is 1. The normalized spacial score (nSPS) is 16.9. The molecule has 5 nitrogen and oxygen atoms in total. The van der Waals surface area contributed by atoms with Gasteiger partial charge in [0.1, 0.15) is 0 Å². The van der Waals surface area contributed by atoms with Crippen LogP contribution in [-0.4, -0.2) is 20.4 Å². The molecule has 1 fully saturated rings. The van der Waals surface area contributed by atoms with Crippen molar-refractivity contribution in [3.8, 4) is 0 Å². The molecule has 1 saturated carbocycles. The van der Waals surface area contributed by atoms with Crippen LogP contribution in [0.5, 0.6) is 0 Å². The molecule has 0 atom stereocenters.